The molecule has 2 amide bonds. The van der Waals surface area contributed by atoms with Crippen molar-refractivity contribution in [1.29, 1.82) is 0 Å². The maximum absolute atomic E-state index is 11.5. The van der Waals surface area contributed by atoms with Crippen molar-refractivity contribution in [3.8, 4) is 0 Å². The van der Waals surface area contributed by atoms with Crippen molar-refractivity contribution in [2.75, 3.05) is 25.1 Å². The number of nitrogens with zero attached hydrogens (tertiary/aromatic N) is 1. The number of esters is 1. The molecule has 1 saturated heterocycles. The van der Waals surface area contributed by atoms with E-state index in [9.17, 15) is 9.59 Å². The lowest BCUT2D eigenvalue weighted by Gasteiger charge is -2.16. The highest BCUT2D eigenvalue weighted by Gasteiger charge is 2.24. The van der Waals surface area contributed by atoms with Crippen molar-refractivity contribution in [1.82, 2.24) is 5.32 Å². The summed E-state index contributed by atoms with van der Waals surface area (Å²) in [6.07, 6.45) is 0. The Balaban J connectivity index is 2.38. The average molecular weight is 255 g/mol. The SMILES string of the molecule is COC(=O)c1ccc(Cl)c(N2CCNC2=O)c1. The number of anilines is 1. The van der Waals surface area contributed by atoms with Crippen LogP contribution in [0.1, 0.15) is 10.4 Å². The van der Waals surface area contributed by atoms with Crippen molar-refractivity contribution in [3.05, 3.63) is 28.8 Å². The van der Waals surface area contributed by atoms with Gasteiger partial charge in [-0.25, -0.2) is 9.59 Å². The Labute approximate surface area is 103 Å². The highest BCUT2D eigenvalue weighted by atomic mass is 35.5. The van der Waals surface area contributed by atoms with Crippen LogP contribution in [0.3, 0.4) is 0 Å². The summed E-state index contributed by atoms with van der Waals surface area (Å²) in [5, 5.41) is 3.10. The van der Waals surface area contributed by atoms with E-state index in [1.54, 1.807) is 18.2 Å². The van der Waals surface area contributed by atoms with Crippen LogP contribution in [0.25, 0.3) is 0 Å². The van der Waals surface area contributed by atoms with Crippen LogP contribution < -0.4 is 10.2 Å². The predicted molar refractivity (Wildman–Crippen MR) is 63.5 cm³/mol. The molecule has 17 heavy (non-hydrogen) atoms. The van der Waals surface area contributed by atoms with Crippen molar-refractivity contribution in [2.45, 2.75) is 0 Å². The van der Waals surface area contributed by atoms with E-state index in [4.69, 9.17) is 11.6 Å². The summed E-state index contributed by atoms with van der Waals surface area (Å²) in [4.78, 5) is 24.4. The second-order valence-electron chi connectivity index (χ2n) is 3.54. The molecule has 90 valence electrons. The Kier molecular flexibility index (Phi) is 3.19. The lowest BCUT2D eigenvalue weighted by Crippen LogP contribution is -2.28. The van der Waals surface area contributed by atoms with E-state index in [0.717, 1.165) is 0 Å². The number of hydrogen-bond acceptors (Lipinski definition) is 3. The zero-order chi connectivity index (χ0) is 12.4. The lowest BCUT2D eigenvalue weighted by molar-refractivity contribution is 0.0600. The fourth-order valence-corrected chi connectivity index (χ4v) is 1.89. The molecule has 5 nitrogen and oxygen atoms in total. The second kappa shape index (κ2) is 4.63. The van der Waals surface area contributed by atoms with Crippen molar-refractivity contribution >= 4 is 29.3 Å². The monoisotopic (exact) mass is 254 g/mol. The van der Waals surface area contributed by atoms with Gasteiger partial charge in [-0.3, -0.25) is 4.90 Å². The van der Waals surface area contributed by atoms with E-state index < -0.39 is 5.97 Å². The normalized spacial score (nSPS) is 14.7. The topological polar surface area (TPSA) is 58.6 Å². The van der Waals surface area contributed by atoms with Gasteiger partial charge in [0.1, 0.15) is 0 Å². The van der Waals surface area contributed by atoms with E-state index in [1.165, 1.54) is 12.0 Å². The number of carbonyl (C=O) groups is 2. The van der Waals surface area contributed by atoms with Gasteiger partial charge in [-0.15, -0.1) is 0 Å². The molecule has 6 heteroatoms. The maximum atomic E-state index is 11.5. The van der Waals surface area contributed by atoms with Crippen molar-refractivity contribution < 1.29 is 14.3 Å². The highest BCUT2D eigenvalue weighted by Crippen LogP contribution is 2.28. The van der Waals surface area contributed by atoms with Crippen molar-refractivity contribution in [2.24, 2.45) is 0 Å². The zero-order valence-electron chi connectivity index (χ0n) is 9.20. The molecular weight excluding hydrogens is 244 g/mol. The quantitative estimate of drug-likeness (QED) is 0.817. The summed E-state index contributed by atoms with van der Waals surface area (Å²) < 4.78 is 4.62. The number of amides is 2. The summed E-state index contributed by atoms with van der Waals surface area (Å²) in [6.45, 7) is 1.10. The summed E-state index contributed by atoms with van der Waals surface area (Å²) in [5.41, 5.74) is 0.885. The fraction of sp³-hybridized carbons (Fsp3) is 0.273. The van der Waals surface area contributed by atoms with E-state index in [2.05, 4.69) is 10.1 Å². The molecule has 0 bridgehead atoms. The molecule has 0 atom stereocenters. The van der Waals surface area contributed by atoms with E-state index in [-0.39, 0.29) is 6.03 Å². The molecule has 1 aliphatic heterocycles. The molecular formula is C11H11ClN2O3. The summed E-state index contributed by atoms with van der Waals surface area (Å²) in [6, 6.07) is 4.48. The number of methoxy groups -OCH3 is 1. The lowest BCUT2D eigenvalue weighted by atomic mass is 10.2. The smallest absolute Gasteiger partial charge is 0.337 e. The standard InChI is InChI=1S/C11H11ClN2O3/c1-17-10(15)7-2-3-8(12)9(6-7)14-5-4-13-11(14)16/h2-3,6H,4-5H2,1H3,(H,13,16). The Morgan fingerprint density at radius 1 is 1.53 bits per heavy atom. The number of carbonyl (C=O) groups excluding carboxylic acids is 2. The first-order valence-electron chi connectivity index (χ1n) is 5.06. The van der Waals surface area contributed by atoms with E-state index in [1.807, 2.05) is 0 Å². The Hall–Kier alpha value is -1.75. The van der Waals surface area contributed by atoms with Crippen LogP contribution in [0.15, 0.2) is 18.2 Å². The first-order chi connectivity index (χ1) is 8.13. The molecule has 2 rings (SSSR count). The van der Waals surface area contributed by atoms with E-state index in [0.29, 0.717) is 29.4 Å². The molecule has 0 radical (unpaired) electrons. The van der Waals surface area contributed by atoms with Crippen LogP contribution in [-0.2, 0) is 4.74 Å². The number of rotatable bonds is 2. The zero-order valence-corrected chi connectivity index (χ0v) is 9.95. The minimum absolute atomic E-state index is 0.214. The van der Waals surface area contributed by atoms with Gasteiger partial charge in [0.25, 0.3) is 0 Å². The van der Waals surface area contributed by atoms with Gasteiger partial charge in [0, 0.05) is 13.1 Å². The minimum atomic E-state index is -0.456. The third kappa shape index (κ3) is 2.19. The summed E-state index contributed by atoms with van der Waals surface area (Å²) >= 11 is 6.02. The summed E-state index contributed by atoms with van der Waals surface area (Å²) in [7, 11) is 1.30. The fourth-order valence-electron chi connectivity index (χ4n) is 1.67. The molecule has 0 aromatic heterocycles. The van der Waals surface area contributed by atoms with Crippen LogP contribution in [0.5, 0.6) is 0 Å². The van der Waals surface area contributed by atoms with Gasteiger partial charge in [0.15, 0.2) is 0 Å². The molecule has 0 unspecified atom stereocenters. The van der Waals surface area contributed by atoms with Crippen LogP contribution in [0.4, 0.5) is 10.5 Å². The van der Waals surface area contributed by atoms with Gasteiger partial charge >= 0.3 is 12.0 Å². The number of urea groups is 1. The third-order valence-corrected chi connectivity index (χ3v) is 2.83. The van der Waals surface area contributed by atoms with Crippen molar-refractivity contribution in [3.63, 3.8) is 0 Å². The van der Waals surface area contributed by atoms with Crippen LogP contribution in [0, 0.1) is 0 Å². The number of nitrogens with one attached hydrogen (secondary N) is 1. The first kappa shape index (κ1) is 11.7. The number of benzene rings is 1. The van der Waals surface area contributed by atoms with Gasteiger partial charge in [0.05, 0.1) is 23.4 Å². The Morgan fingerprint density at radius 2 is 2.29 bits per heavy atom. The molecule has 1 N–H and O–H groups in total. The molecule has 0 saturated carbocycles. The van der Waals surface area contributed by atoms with Gasteiger partial charge in [-0.05, 0) is 18.2 Å². The van der Waals surface area contributed by atoms with Gasteiger partial charge < -0.3 is 10.1 Å². The number of hydrogen-bond donors (Lipinski definition) is 1. The predicted octanol–water partition coefficient (Wildman–Crippen LogP) is 1.66. The highest BCUT2D eigenvalue weighted by molar-refractivity contribution is 6.34. The summed E-state index contributed by atoms with van der Waals surface area (Å²) in [5.74, 6) is -0.456. The van der Waals surface area contributed by atoms with E-state index >= 15 is 0 Å². The second-order valence-corrected chi connectivity index (χ2v) is 3.95. The third-order valence-electron chi connectivity index (χ3n) is 2.51. The maximum Gasteiger partial charge on any atom is 0.337 e. The Morgan fingerprint density at radius 3 is 2.88 bits per heavy atom. The van der Waals surface area contributed by atoms with Crippen LogP contribution in [0.2, 0.25) is 5.02 Å². The Bertz CT molecular complexity index is 476. The average Bonchev–Trinajstić information content (AvgIpc) is 2.75. The molecule has 0 aliphatic carbocycles. The number of ether oxygens (including phenoxy) is 1. The minimum Gasteiger partial charge on any atom is -0.465 e. The molecule has 0 spiro atoms. The van der Waals surface area contributed by atoms with Crippen LogP contribution >= 0.6 is 11.6 Å². The van der Waals surface area contributed by atoms with Gasteiger partial charge in [-0.2, -0.15) is 0 Å². The van der Waals surface area contributed by atoms with Gasteiger partial charge in [-0.1, -0.05) is 11.6 Å². The first-order valence-corrected chi connectivity index (χ1v) is 5.44. The van der Waals surface area contributed by atoms with Crippen LogP contribution in [-0.4, -0.2) is 32.2 Å². The largest absolute Gasteiger partial charge is 0.465 e. The molecule has 1 fully saturated rings. The number of halogens is 1. The molecule has 1 aromatic carbocycles. The molecule has 1 aromatic rings. The molecule has 1 aliphatic rings. The van der Waals surface area contributed by atoms with Gasteiger partial charge in [0.2, 0.25) is 0 Å². The molecule has 1 heterocycles.